The molecular weight excluding hydrogens is 797 g/mol. The average molecular weight is 841 g/mol. The monoisotopic (exact) mass is 840 g/mol. The molecule has 2 heteroatoms. The number of benzene rings is 10. The molecule has 2 aliphatic rings. The molecule has 0 saturated heterocycles. The van der Waals surface area contributed by atoms with Crippen molar-refractivity contribution in [3.05, 3.63) is 264 Å². The van der Waals surface area contributed by atoms with Gasteiger partial charge in [0.15, 0.2) is 0 Å². The Bertz CT molecular complexity index is 3900. The summed E-state index contributed by atoms with van der Waals surface area (Å²) in [6, 6.07) is 86.3. The fraction of sp³-hybridized carbons (Fsp3) is 0.0625. The van der Waals surface area contributed by atoms with E-state index in [9.17, 15) is 0 Å². The molecule has 10 aromatic carbocycles. The maximum absolute atomic E-state index is 2.55. The number of para-hydroxylation sites is 2. The second kappa shape index (κ2) is 13.7. The molecule has 66 heavy (non-hydrogen) atoms. The molecule has 14 rings (SSSR count). The Morgan fingerprint density at radius 1 is 0.288 bits per heavy atom. The van der Waals surface area contributed by atoms with Gasteiger partial charge in [-0.1, -0.05) is 178 Å². The van der Waals surface area contributed by atoms with Crippen molar-refractivity contribution in [3.63, 3.8) is 0 Å². The van der Waals surface area contributed by atoms with Crippen molar-refractivity contribution in [2.75, 3.05) is 0 Å². The van der Waals surface area contributed by atoms with Gasteiger partial charge in [0.25, 0.3) is 0 Å². The van der Waals surface area contributed by atoms with Crippen LogP contribution in [-0.2, 0) is 10.8 Å². The average Bonchev–Trinajstić information content (AvgIpc) is 4.05. The van der Waals surface area contributed by atoms with Crippen LogP contribution in [0.2, 0.25) is 0 Å². The first-order chi connectivity index (χ1) is 32.5. The van der Waals surface area contributed by atoms with E-state index < -0.39 is 5.41 Å². The van der Waals surface area contributed by atoms with Gasteiger partial charge in [0.2, 0.25) is 0 Å². The van der Waals surface area contributed by atoms with E-state index >= 15 is 0 Å². The Morgan fingerprint density at radius 3 is 1.47 bits per heavy atom. The van der Waals surface area contributed by atoms with Crippen molar-refractivity contribution >= 4 is 43.6 Å². The molecule has 0 aliphatic heterocycles. The standard InChI is InChI=1S/C64H44N2/c1-63(2)55-27-15-12-24-47(55)49-33-32-46(38-57(49)63)66-61-35-31-42(41-30-34-60-52(36-41)50-26-14-17-29-59(50)65(60)45-22-10-5-11-23-45)37-53(61)54-39-51-48-25-13-16-28-56(48)64(58(51)40-62(54)66,43-18-6-3-7-19-43)44-20-8-4-9-21-44/h3-40H,1-2H3. The summed E-state index contributed by atoms with van der Waals surface area (Å²) < 4.78 is 4.94. The van der Waals surface area contributed by atoms with E-state index in [2.05, 4.69) is 254 Å². The second-order valence-electron chi connectivity index (χ2n) is 18.8. The van der Waals surface area contributed by atoms with Crippen LogP contribution in [-0.4, -0.2) is 9.13 Å². The van der Waals surface area contributed by atoms with E-state index in [1.807, 2.05) is 0 Å². The lowest BCUT2D eigenvalue weighted by atomic mass is 9.67. The maximum atomic E-state index is 2.55. The van der Waals surface area contributed by atoms with Crippen LogP contribution in [0.3, 0.4) is 0 Å². The molecule has 0 fully saturated rings. The Kier molecular flexibility index (Phi) is 7.70. The molecule has 12 aromatic rings. The largest absolute Gasteiger partial charge is 0.309 e. The Morgan fingerprint density at radius 2 is 0.788 bits per heavy atom. The minimum atomic E-state index is -0.509. The van der Waals surface area contributed by atoms with Crippen molar-refractivity contribution in [3.8, 4) is 44.8 Å². The lowest BCUT2D eigenvalue weighted by Gasteiger charge is -2.34. The van der Waals surface area contributed by atoms with Crippen molar-refractivity contribution in [1.82, 2.24) is 9.13 Å². The molecule has 310 valence electrons. The Balaban J connectivity index is 1.05. The highest BCUT2D eigenvalue weighted by Crippen LogP contribution is 2.58. The topological polar surface area (TPSA) is 9.86 Å². The van der Waals surface area contributed by atoms with Gasteiger partial charge in [-0.25, -0.2) is 0 Å². The summed E-state index contributed by atoms with van der Waals surface area (Å²) in [5.74, 6) is 0. The fourth-order valence-electron chi connectivity index (χ4n) is 12.3. The van der Waals surface area contributed by atoms with Gasteiger partial charge in [-0.2, -0.15) is 0 Å². The molecule has 0 amide bonds. The molecule has 0 N–H and O–H groups in total. The van der Waals surface area contributed by atoms with Crippen LogP contribution < -0.4 is 0 Å². The van der Waals surface area contributed by atoms with Crippen LogP contribution in [0.4, 0.5) is 0 Å². The summed E-state index contributed by atoms with van der Waals surface area (Å²) >= 11 is 0. The fourth-order valence-corrected chi connectivity index (χ4v) is 12.3. The van der Waals surface area contributed by atoms with E-state index in [4.69, 9.17) is 0 Å². The Hall–Kier alpha value is -8.20. The van der Waals surface area contributed by atoms with Crippen LogP contribution >= 0.6 is 0 Å². The van der Waals surface area contributed by atoms with E-state index in [-0.39, 0.29) is 5.41 Å². The van der Waals surface area contributed by atoms with E-state index in [0.717, 1.165) is 0 Å². The SMILES string of the molecule is CC1(C)c2ccccc2-c2ccc(-n3c4ccc(-c5ccc6c(c5)c5ccccc5n6-c5ccccc5)cc4c4cc5c(cc43)C(c3ccccc3)(c3ccccc3)c3ccccc3-5)cc21. The van der Waals surface area contributed by atoms with Gasteiger partial charge >= 0.3 is 0 Å². The molecular formula is C64H44N2. The predicted molar refractivity (Wildman–Crippen MR) is 275 cm³/mol. The molecule has 0 radical (unpaired) electrons. The van der Waals surface area contributed by atoms with Crippen LogP contribution in [0.15, 0.2) is 231 Å². The number of nitrogens with zero attached hydrogens (tertiary/aromatic N) is 2. The van der Waals surface area contributed by atoms with Crippen molar-refractivity contribution in [2.45, 2.75) is 24.7 Å². The van der Waals surface area contributed by atoms with E-state index in [1.165, 1.54) is 122 Å². The molecule has 0 spiro atoms. The first-order valence-corrected chi connectivity index (χ1v) is 23.2. The highest BCUT2D eigenvalue weighted by molar-refractivity contribution is 6.14. The summed E-state index contributed by atoms with van der Waals surface area (Å²) in [6.07, 6.45) is 0. The predicted octanol–water partition coefficient (Wildman–Crippen LogP) is 16.2. The highest BCUT2D eigenvalue weighted by Gasteiger charge is 2.46. The lowest BCUT2D eigenvalue weighted by molar-refractivity contribution is 0.660. The third-order valence-electron chi connectivity index (χ3n) is 15.2. The third-order valence-corrected chi connectivity index (χ3v) is 15.2. The van der Waals surface area contributed by atoms with Gasteiger partial charge in [0, 0.05) is 38.3 Å². The Labute approximate surface area is 384 Å². The summed E-state index contributed by atoms with van der Waals surface area (Å²) in [5.41, 5.74) is 22.1. The smallest absolute Gasteiger partial charge is 0.0714 e. The molecule has 0 atom stereocenters. The molecule has 2 nitrogen and oxygen atoms in total. The zero-order valence-electron chi connectivity index (χ0n) is 36.8. The molecule has 0 unspecified atom stereocenters. The zero-order valence-corrected chi connectivity index (χ0v) is 36.8. The summed E-state index contributed by atoms with van der Waals surface area (Å²) in [6.45, 7) is 4.76. The van der Waals surface area contributed by atoms with Crippen molar-refractivity contribution < 1.29 is 0 Å². The minimum Gasteiger partial charge on any atom is -0.309 e. The van der Waals surface area contributed by atoms with Gasteiger partial charge < -0.3 is 9.13 Å². The number of hydrogen-bond acceptors (Lipinski definition) is 0. The van der Waals surface area contributed by atoms with Crippen LogP contribution in [0.25, 0.3) is 88.4 Å². The van der Waals surface area contributed by atoms with Crippen LogP contribution in [0.5, 0.6) is 0 Å². The summed E-state index contributed by atoms with van der Waals surface area (Å²) in [5, 5.41) is 5.01. The third kappa shape index (κ3) is 4.96. The molecule has 0 bridgehead atoms. The quantitative estimate of drug-likeness (QED) is 0.163. The first-order valence-electron chi connectivity index (χ1n) is 23.2. The van der Waals surface area contributed by atoms with Gasteiger partial charge in [0.05, 0.1) is 27.5 Å². The van der Waals surface area contributed by atoms with Crippen LogP contribution in [0, 0.1) is 0 Å². The molecule has 0 saturated carbocycles. The van der Waals surface area contributed by atoms with E-state index in [0.29, 0.717) is 0 Å². The molecule has 2 aromatic heterocycles. The highest BCUT2D eigenvalue weighted by atomic mass is 15.0. The molecule has 2 heterocycles. The minimum absolute atomic E-state index is 0.130. The number of hydrogen-bond donors (Lipinski definition) is 0. The first kappa shape index (κ1) is 37.2. The second-order valence-corrected chi connectivity index (χ2v) is 18.8. The number of fused-ring (bicyclic) bond motifs is 12. The van der Waals surface area contributed by atoms with Gasteiger partial charge in [-0.05, 0) is 133 Å². The maximum Gasteiger partial charge on any atom is 0.0714 e. The van der Waals surface area contributed by atoms with Gasteiger partial charge in [0.1, 0.15) is 0 Å². The number of aromatic nitrogens is 2. The number of rotatable bonds is 5. The van der Waals surface area contributed by atoms with Crippen molar-refractivity contribution in [2.24, 2.45) is 0 Å². The zero-order chi connectivity index (χ0) is 43.7. The van der Waals surface area contributed by atoms with Gasteiger partial charge in [-0.3, -0.25) is 0 Å². The summed E-state index contributed by atoms with van der Waals surface area (Å²) in [4.78, 5) is 0. The van der Waals surface area contributed by atoms with Gasteiger partial charge in [-0.15, -0.1) is 0 Å². The molecule has 2 aliphatic carbocycles. The normalized spacial score (nSPS) is 14.2. The van der Waals surface area contributed by atoms with E-state index in [1.54, 1.807) is 0 Å². The van der Waals surface area contributed by atoms with Crippen LogP contribution in [0.1, 0.15) is 47.2 Å². The van der Waals surface area contributed by atoms with Crippen molar-refractivity contribution in [1.29, 1.82) is 0 Å². The lowest BCUT2D eigenvalue weighted by Crippen LogP contribution is -2.28. The summed E-state index contributed by atoms with van der Waals surface area (Å²) in [7, 11) is 0.